The fourth-order valence-electron chi connectivity index (χ4n) is 1.06. The van der Waals surface area contributed by atoms with Gasteiger partial charge in [-0.1, -0.05) is 12.1 Å². The third-order valence-electron chi connectivity index (χ3n) is 1.77. The fraction of sp³-hybridized carbons (Fsp3) is 0. The number of nitrogens with one attached hydrogen (secondary N) is 2. The van der Waals surface area contributed by atoms with Gasteiger partial charge in [0.2, 0.25) is 0 Å². The molecule has 1 aromatic heterocycles. The van der Waals surface area contributed by atoms with Gasteiger partial charge in [0.15, 0.2) is 5.69 Å². The van der Waals surface area contributed by atoms with Crippen molar-refractivity contribution in [3.63, 3.8) is 0 Å². The maximum absolute atomic E-state index is 11.6. The SMILES string of the molecule is O=C(Nc1ccccc1I)c1cn[nH]n1. The maximum atomic E-state index is 11.6. The summed E-state index contributed by atoms with van der Waals surface area (Å²) >= 11 is 2.15. The molecule has 0 aliphatic heterocycles. The number of para-hydroxylation sites is 1. The average molecular weight is 314 g/mol. The Hall–Kier alpha value is -1.44. The molecule has 0 unspecified atom stereocenters. The van der Waals surface area contributed by atoms with Crippen LogP contribution in [0.3, 0.4) is 0 Å². The zero-order valence-corrected chi connectivity index (χ0v) is 9.72. The first-order valence-electron chi connectivity index (χ1n) is 4.19. The molecule has 15 heavy (non-hydrogen) atoms. The zero-order chi connectivity index (χ0) is 10.7. The number of halogens is 1. The zero-order valence-electron chi connectivity index (χ0n) is 7.57. The number of rotatable bonds is 2. The summed E-state index contributed by atoms with van der Waals surface area (Å²) in [4.78, 5) is 11.6. The molecule has 1 aromatic carbocycles. The van der Waals surface area contributed by atoms with Gasteiger partial charge in [0.1, 0.15) is 0 Å². The highest BCUT2D eigenvalue weighted by molar-refractivity contribution is 14.1. The standard InChI is InChI=1S/C9H7IN4O/c10-6-3-1-2-4-7(6)12-9(15)8-5-11-14-13-8/h1-5H,(H,12,15)(H,11,13,14). The van der Waals surface area contributed by atoms with Gasteiger partial charge in [-0.25, -0.2) is 0 Å². The van der Waals surface area contributed by atoms with E-state index in [4.69, 9.17) is 0 Å². The summed E-state index contributed by atoms with van der Waals surface area (Å²) < 4.78 is 0.979. The molecular formula is C9H7IN4O. The van der Waals surface area contributed by atoms with Gasteiger partial charge in [0, 0.05) is 3.57 Å². The van der Waals surface area contributed by atoms with Gasteiger partial charge in [0.25, 0.3) is 5.91 Å². The van der Waals surface area contributed by atoms with Crippen molar-refractivity contribution in [2.24, 2.45) is 0 Å². The predicted octanol–water partition coefficient (Wildman–Crippen LogP) is 1.66. The molecule has 0 saturated heterocycles. The molecule has 0 bridgehead atoms. The largest absolute Gasteiger partial charge is 0.320 e. The van der Waals surface area contributed by atoms with Crippen LogP contribution in [0.2, 0.25) is 0 Å². The molecule has 0 fully saturated rings. The first-order valence-corrected chi connectivity index (χ1v) is 5.27. The molecule has 0 aliphatic carbocycles. The maximum Gasteiger partial charge on any atom is 0.277 e. The van der Waals surface area contributed by atoms with Gasteiger partial charge in [-0.3, -0.25) is 4.79 Å². The summed E-state index contributed by atoms with van der Waals surface area (Å²) in [6.45, 7) is 0. The summed E-state index contributed by atoms with van der Waals surface area (Å²) in [5.41, 5.74) is 1.04. The van der Waals surface area contributed by atoms with Gasteiger partial charge >= 0.3 is 0 Å². The minimum Gasteiger partial charge on any atom is -0.320 e. The van der Waals surface area contributed by atoms with E-state index in [0.29, 0.717) is 0 Å². The van der Waals surface area contributed by atoms with E-state index in [9.17, 15) is 4.79 Å². The Kier molecular flexibility index (Phi) is 2.95. The van der Waals surface area contributed by atoms with E-state index >= 15 is 0 Å². The molecule has 0 aliphatic rings. The number of aromatic nitrogens is 3. The van der Waals surface area contributed by atoms with Crippen LogP contribution in [0, 0.1) is 3.57 Å². The Morgan fingerprint density at radius 2 is 2.20 bits per heavy atom. The molecule has 2 aromatic rings. The Bertz CT molecular complexity index is 469. The lowest BCUT2D eigenvalue weighted by Gasteiger charge is -2.04. The predicted molar refractivity (Wildman–Crippen MR) is 63.5 cm³/mol. The Morgan fingerprint density at radius 1 is 1.40 bits per heavy atom. The van der Waals surface area contributed by atoms with Crippen LogP contribution in [0.15, 0.2) is 30.5 Å². The first-order chi connectivity index (χ1) is 7.27. The van der Waals surface area contributed by atoms with Crippen LogP contribution in [0.5, 0.6) is 0 Å². The number of anilines is 1. The third kappa shape index (κ3) is 2.32. The number of amides is 1. The van der Waals surface area contributed by atoms with E-state index in [-0.39, 0.29) is 11.6 Å². The summed E-state index contributed by atoms with van der Waals surface area (Å²) in [5, 5.41) is 12.4. The molecule has 0 atom stereocenters. The van der Waals surface area contributed by atoms with Crippen LogP contribution in [0.4, 0.5) is 5.69 Å². The van der Waals surface area contributed by atoms with E-state index in [2.05, 4.69) is 43.3 Å². The van der Waals surface area contributed by atoms with Gasteiger partial charge in [-0.2, -0.15) is 15.4 Å². The van der Waals surface area contributed by atoms with E-state index in [1.807, 2.05) is 24.3 Å². The van der Waals surface area contributed by atoms with Crippen LogP contribution < -0.4 is 5.32 Å². The molecule has 6 heteroatoms. The number of H-pyrrole nitrogens is 1. The normalized spacial score (nSPS) is 9.93. The molecule has 76 valence electrons. The Labute approximate surface area is 99.4 Å². The second-order valence-corrected chi connectivity index (χ2v) is 3.95. The van der Waals surface area contributed by atoms with Gasteiger partial charge in [-0.05, 0) is 34.7 Å². The van der Waals surface area contributed by atoms with Crippen molar-refractivity contribution in [3.8, 4) is 0 Å². The number of carbonyl (C=O) groups is 1. The second kappa shape index (κ2) is 4.39. The molecule has 2 N–H and O–H groups in total. The quantitative estimate of drug-likeness (QED) is 0.828. The van der Waals surface area contributed by atoms with Crippen molar-refractivity contribution in [2.75, 3.05) is 5.32 Å². The van der Waals surface area contributed by atoms with E-state index in [0.717, 1.165) is 9.26 Å². The number of benzene rings is 1. The molecule has 0 spiro atoms. The number of hydrogen-bond donors (Lipinski definition) is 2. The third-order valence-corrected chi connectivity index (χ3v) is 2.71. The lowest BCUT2D eigenvalue weighted by molar-refractivity contribution is 0.102. The topological polar surface area (TPSA) is 70.7 Å². The van der Waals surface area contributed by atoms with E-state index < -0.39 is 0 Å². The van der Waals surface area contributed by atoms with Crippen LogP contribution in [0.25, 0.3) is 0 Å². The van der Waals surface area contributed by atoms with Crippen LogP contribution in [-0.4, -0.2) is 21.3 Å². The number of aromatic amines is 1. The fourth-order valence-corrected chi connectivity index (χ4v) is 1.58. The van der Waals surface area contributed by atoms with E-state index in [1.54, 1.807) is 0 Å². The highest BCUT2D eigenvalue weighted by Gasteiger charge is 2.09. The van der Waals surface area contributed by atoms with Crippen molar-refractivity contribution >= 4 is 34.2 Å². The van der Waals surface area contributed by atoms with Crippen molar-refractivity contribution in [2.45, 2.75) is 0 Å². The lowest BCUT2D eigenvalue weighted by atomic mass is 10.3. The van der Waals surface area contributed by atoms with Crippen molar-refractivity contribution < 1.29 is 4.79 Å². The molecular weight excluding hydrogens is 307 g/mol. The lowest BCUT2D eigenvalue weighted by Crippen LogP contribution is -2.13. The molecule has 1 heterocycles. The van der Waals surface area contributed by atoms with Crippen LogP contribution in [-0.2, 0) is 0 Å². The number of hydrogen-bond acceptors (Lipinski definition) is 3. The Morgan fingerprint density at radius 3 is 2.87 bits per heavy atom. The summed E-state index contributed by atoms with van der Waals surface area (Å²) in [7, 11) is 0. The van der Waals surface area contributed by atoms with Crippen molar-refractivity contribution in [1.82, 2.24) is 15.4 Å². The summed E-state index contributed by atoms with van der Waals surface area (Å²) in [6, 6.07) is 7.52. The van der Waals surface area contributed by atoms with Gasteiger partial charge in [0.05, 0.1) is 11.9 Å². The highest BCUT2D eigenvalue weighted by atomic mass is 127. The number of nitrogens with zero attached hydrogens (tertiary/aromatic N) is 2. The summed E-state index contributed by atoms with van der Waals surface area (Å²) in [6.07, 6.45) is 1.38. The molecule has 0 radical (unpaired) electrons. The number of carbonyl (C=O) groups excluding carboxylic acids is 1. The minimum atomic E-state index is -0.270. The Balaban J connectivity index is 2.17. The van der Waals surface area contributed by atoms with Crippen LogP contribution >= 0.6 is 22.6 Å². The summed E-state index contributed by atoms with van der Waals surface area (Å²) in [5.74, 6) is -0.270. The van der Waals surface area contributed by atoms with E-state index in [1.165, 1.54) is 6.20 Å². The molecule has 5 nitrogen and oxygen atoms in total. The highest BCUT2D eigenvalue weighted by Crippen LogP contribution is 2.17. The second-order valence-electron chi connectivity index (χ2n) is 2.79. The molecule has 1 amide bonds. The minimum absolute atomic E-state index is 0.270. The van der Waals surface area contributed by atoms with Gasteiger partial charge in [-0.15, -0.1) is 0 Å². The molecule has 0 saturated carbocycles. The monoisotopic (exact) mass is 314 g/mol. The average Bonchev–Trinajstić information content (AvgIpc) is 2.74. The smallest absolute Gasteiger partial charge is 0.277 e. The van der Waals surface area contributed by atoms with Crippen LogP contribution in [0.1, 0.15) is 10.5 Å². The van der Waals surface area contributed by atoms with Crippen molar-refractivity contribution in [3.05, 3.63) is 39.7 Å². The van der Waals surface area contributed by atoms with Crippen molar-refractivity contribution in [1.29, 1.82) is 0 Å². The first kappa shape index (κ1) is 10.1. The van der Waals surface area contributed by atoms with Gasteiger partial charge < -0.3 is 5.32 Å². The molecule has 2 rings (SSSR count).